The van der Waals surface area contributed by atoms with Crippen LogP contribution in [-0.4, -0.2) is 18.6 Å². The zero-order valence-electron chi connectivity index (χ0n) is 8.29. The van der Waals surface area contributed by atoms with Crippen LogP contribution in [0.5, 0.6) is 0 Å². The Morgan fingerprint density at radius 2 is 2.36 bits per heavy atom. The van der Waals surface area contributed by atoms with Gasteiger partial charge in [-0.15, -0.1) is 0 Å². The molecule has 0 atom stereocenters. The van der Waals surface area contributed by atoms with Crippen molar-refractivity contribution in [2.24, 2.45) is 0 Å². The van der Waals surface area contributed by atoms with Crippen molar-refractivity contribution in [3.05, 3.63) is 35.4 Å². The fraction of sp³-hybridized carbons (Fsp3) is 0.364. The van der Waals surface area contributed by atoms with Gasteiger partial charge in [-0.3, -0.25) is 0 Å². The maximum atomic E-state index is 8.70. The van der Waals surface area contributed by atoms with Gasteiger partial charge < -0.3 is 5.32 Å². The lowest BCUT2D eigenvalue weighted by Gasteiger charge is -2.03. The normalized spacial score (nSPS) is 9.71. The molecule has 0 unspecified atom stereocenters. The van der Waals surface area contributed by atoms with Crippen LogP contribution in [0, 0.1) is 11.3 Å². The fourth-order valence-electron chi connectivity index (χ4n) is 1.16. The number of nitrogens with one attached hydrogen (secondary N) is 1. The molecular formula is C11H14N2S. The Kier molecular flexibility index (Phi) is 5.13. The molecule has 1 aromatic carbocycles. The predicted molar refractivity (Wildman–Crippen MR) is 61.2 cm³/mol. The second-order valence-electron chi connectivity index (χ2n) is 2.98. The Labute approximate surface area is 89.3 Å². The Hall–Kier alpha value is -0.980. The van der Waals surface area contributed by atoms with Gasteiger partial charge in [-0.25, -0.2) is 0 Å². The quantitative estimate of drug-likeness (QED) is 0.749. The number of nitrogens with zero attached hydrogens (tertiary/aromatic N) is 1. The fourth-order valence-corrected chi connectivity index (χ4v) is 1.51. The molecule has 14 heavy (non-hydrogen) atoms. The number of benzene rings is 1. The Balaban J connectivity index is 2.39. The monoisotopic (exact) mass is 206 g/mol. The van der Waals surface area contributed by atoms with E-state index in [1.807, 2.05) is 36.0 Å². The Morgan fingerprint density at radius 1 is 1.50 bits per heavy atom. The number of nitriles is 1. The van der Waals surface area contributed by atoms with Crippen molar-refractivity contribution in [2.75, 3.05) is 18.6 Å². The van der Waals surface area contributed by atoms with E-state index in [9.17, 15) is 0 Å². The molecule has 0 spiro atoms. The van der Waals surface area contributed by atoms with Gasteiger partial charge in [0.15, 0.2) is 0 Å². The van der Waals surface area contributed by atoms with E-state index in [1.54, 1.807) is 0 Å². The third-order valence-corrected chi connectivity index (χ3v) is 2.48. The zero-order valence-corrected chi connectivity index (χ0v) is 9.10. The summed E-state index contributed by atoms with van der Waals surface area (Å²) in [5, 5.41) is 12.0. The van der Waals surface area contributed by atoms with Crippen molar-refractivity contribution in [1.82, 2.24) is 5.32 Å². The third kappa shape index (κ3) is 3.82. The molecule has 1 N–H and O–H groups in total. The molecule has 0 fully saturated rings. The van der Waals surface area contributed by atoms with E-state index in [4.69, 9.17) is 5.26 Å². The summed E-state index contributed by atoms with van der Waals surface area (Å²) in [4.78, 5) is 0. The van der Waals surface area contributed by atoms with Crippen molar-refractivity contribution < 1.29 is 0 Å². The van der Waals surface area contributed by atoms with Gasteiger partial charge in [-0.05, 0) is 24.0 Å². The summed E-state index contributed by atoms with van der Waals surface area (Å²) in [6, 6.07) is 9.84. The van der Waals surface area contributed by atoms with E-state index in [2.05, 4.69) is 17.6 Å². The second kappa shape index (κ2) is 6.47. The first-order valence-corrected chi connectivity index (χ1v) is 5.95. The largest absolute Gasteiger partial charge is 0.312 e. The highest BCUT2D eigenvalue weighted by Crippen LogP contribution is 2.03. The van der Waals surface area contributed by atoms with Gasteiger partial charge in [0, 0.05) is 18.8 Å². The smallest absolute Gasteiger partial charge is 0.0991 e. The standard InChI is InChI=1S/C11H14N2S/c1-14-6-5-13-9-11-4-2-3-10(7-11)8-12/h2-4,7,13H,5-6,9H2,1H3. The number of hydrogen-bond acceptors (Lipinski definition) is 3. The van der Waals surface area contributed by atoms with Gasteiger partial charge in [-0.1, -0.05) is 12.1 Å². The summed E-state index contributed by atoms with van der Waals surface area (Å²) in [5.41, 5.74) is 1.90. The van der Waals surface area contributed by atoms with E-state index in [-0.39, 0.29) is 0 Å². The van der Waals surface area contributed by atoms with Crippen LogP contribution in [0.15, 0.2) is 24.3 Å². The first-order chi connectivity index (χ1) is 6.86. The number of rotatable bonds is 5. The molecule has 0 amide bonds. The molecule has 0 heterocycles. The van der Waals surface area contributed by atoms with E-state index < -0.39 is 0 Å². The molecule has 0 aliphatic heterocycles. The van der Waals surface area contributed by atoms with Gasteiger partial charge in [0.1, 0.15) is 0 Å². The average molecular weight is 206 g/mol. The molecule has 0 aliphatic carbocycles. The van der Waals surface area contributed by atoms with Crippen LogP contribution in [0.3, 0.4) is 0 Å². The van der Waals surface area contributed by atoms with Crippen molar-refractivity contribution in [2.45, 2.75) is 6.54 Å². The highest BCUT2D eigenvalue weighted by atomic mass is 32.2. The third-order valence-electron chi connectivity index (χ3n) is 1.87. The van der Waals surface area contributed by atoms with Crippen LogP contribution in [0.4, 0.5) is 0 Å². The van der Waals surface area contributed by atoms with Crippen LogP contribution in [0.1, 0.15) is 11.1 Å². The maximum Gasteiger partial charge on any atom is 0.0991 e. The van der Waals surface area contributed by atoms with Gasteiger partial charge in [0.05, 0.1) is 11.6 Å². The maximum absolute atomic E-state index is 8.70. The highest BCUT2D eigenvalue weighted by Gasteiger charge is 1.94. The van der Waals surface area contributed by atoms with Gasteiger partial charge in [-0.2, -0.15) is 17.0 Å². The minimum absolute atomic E-state index is 0.731. The Bertz CT molecular complexity index is 317. The Morgan fingerprint density at radius 3 is 3.07 bits per heavy atom. The van der Waals surface area contributed by atoms with Gasteiger partial charge in [0.2, 0.25) is 0 Å². The molecule has 0 bridgehead atoms. The molecule has 0 saturated heterocycles. The van der Waals surface area contributed by atoms with E-state index in [1.165, 1.54) is 5.56 Å². The van der Waals surface area contributed by atoms with E-state index >= 15 is 0 Å². The van der Waals surface area contributed by atoms with E-state index in [0.29, 0.717) is 0 Å². The molecule has 74 valence electrons. The van der Waals surface area contributed by atoms with Crippen molar-refractivity contribution in [3.8, 4) is 6.07 Å². The zero-order chi connectivity index (χ0) is 10.2. The first kappa shape index (κ1) is 11.1. The summed E-state index contributed by atoms with van der Waals surface area (Å²) < 4.78 is 0. The van der Waals surface area contributed by atoms with Crippen molar-refractivity contribution in [3.63, 3.8) is 0 Å². The number of hydrogen-bond donors (Lipinski definition) is 1. The lowest BCUT2D eigenvalue weighted by Crippen LogP contribution is -2.16. The molecule has 0 aromatic heterocycles. The SMILES string of the molecule is CSCCNCc1cccc(C#N)c1. The molecule has 2 nitrogen and oxygen atoms in total. The molecule has 1 aromatic rings. The molecular weight excluding hydrogens is 192 g/mol. The van der Waals surface area contributed by atoms with E-state index in [0.717, 1.165) is 24.4 Å². The summed E-state index contributed by atoms with van der Waals surface area (Å²) in [5.74, 6) is 1.12. The van der Waals surface area contributed by atoms with Crippen LogP contribution in [0.25, 0.3) is 0 Å². The van der Waals surface area contributed by atoms with Gasteiger partial charge >= 0.3 is 0 Å². The lowest BCUT2D eigenvalue weighted by molar-refractivity contribution is 0.732. The molecule has 3 heteroatoms. The molecule has 0 saturated carbocycles. The molecule has 1 rings (SSSR count). The summed E-state index contributed by atoms with van der Waals surface area (Å²) in [6.07, 6.45) is 2.10. The number of thioether (sulfide) groups is 1. The highest BCUT2D eigenvalue weighted by molar-refractivity contribution is 7.98. The average Bonchev–Trinajstić information content (AvgIpc) is 2.25. The minimum Gasteiger partial charge on any atom is -0.312 e. The van der Waals surface area contributed by atoms with Crippen molar-refractivity contribution in [1.29, 1.82) is 5.26 Å². The van der Waals surface area contributed by atoms with Gasteiger partial charge in [0.25, 0.3) is 0 Å². The van der Waals surface area contributed by atoms with Crippen LogP contribution in [-0.2, 0) is 6.54 Å². The molecule has 0 radical (unpaired) electrons. The first-order valence-electron chi connectivity index (χ1n) is 4.55. The predicted octanol–water partition coefficient (Wildman–Crippen LogP) is 2.01. The molecule has 0 aliphatic rings. The minimum atomic E-state index is 0.731. The van der Waals surface area contributed by atoms with Crippen LogP contribution < -0.4 is 5.32 Å². The summed E-state index contributed by atoms with van der Waals surface area (Å²) >= 11 is 1.83. The lowest BCUT2D eigenvalue weighted by atomic mass is 10.1. The topological polar surface area (TPSA) is 35.8 Å². The summed E-state index contributed by atoms with van der Waals surface area (Å²) in [6.45, 7) is 1.86. The van der Waals surface area contributed by atoms with Crippen LogP contribution >= 0.6 is 11.8 Å². The van der Waals surface area contributed by atoms with Crippen LogP contribution in [0.2, 0.25) is 0 Å². The second-order valence-corrected chi connectivity index (χ2v) is 3.97. The van der Waals surface area contributed by atoms with Crippen molar-refractivity contribution >= 4 is 11.8 Å². The summed E-state index contributed by atoms with van der Waals surface area (Å²) in [7, 11) is 0.